The van der Waals surface area contributed by atoms with Crippen LogP contribution in [0, 0.1) is 10.1 Å². The maximum absolute atomic E-state index is 12.9. The van der Waals surface area contributed by atoms with Crippen LogP contribution in [0.2, 0.25) is 0 Å². The zero-order chi connectivity index (χ0) is 22.9. The standard InChI is InChI=1S/C22H18F3N3O4/c23-22(24,25)16-3-1-2-15(14-16)19-8-9-20(32-19)21(29)27-12-10-26(11-13-27)17-4-6-18(7-5-17)28(30)31/h1-9,14H,10-13H2. The minimum absolute atomic E-state index is 0.0111. The molecule has 7 nitrogen and oxygen atoms in total. The van der Waals surface area contributed by atoms with Gasteiger partial charge in [0.05, 0.1) is 10.5 Å². The number of hydrogen-bond acceptors (Lipinski definition) is 5. The van der Waals surface area contributed by atoms with Gasteiger partial charge in [-0.3, -0.25) is 14.9 Å². The van der Waals surface area contributed by atoms with E-state index in [1.54, 1.807) is 17.0 Å². The van der Waals surface area contributed by atoms with E-state index in [0.717, 1.165) is 17.8 Å². The van der Waals surface area contributed by atoms with Crippen molar-refractivity contribution in [1.82, 2.24) is 4.90 Å². The summed E-state index contributed by atoms with van der Waals surface area (Å²) in [6.07, 6.45) is -4.47. The molecule has 1 amide bonds. The number of rotatable bonds is 4. The van der Waals surface area contributed by atoms with E-state index in [2.05, 4.69) is 0 Å². The number of anilines is 1. The topological polar surface area (TPSA) is 79.8 Å². The zero-order valence-corrected chi connectivity index (χ0v) is 16.7. The number of carbonyl (C=O) groups excluding carboxylic acids is 1. The Bertz CT molecular complexity index is 1130. The molecular weight excluding hydrogens is 427 g/mol. The SMILES string of the molecule is O=C(c1ccc(-c2cccc(C(F)(F)F)c2)o1)N1CCN(c2ccc([N+](=O)[O-])cc2)CC1. The van der Waals surface area contributed by atoms with Crippen molar-refractivity contribution in [1.29, 1.82) is 0 Å². The van der Waals surface area contributed by atoms with Gasteiger partial charge in [-0.2, -0.15) is 13.2 Å². The Hall–Kier alpha value is -3.82. The minimum atomic E-state index is -4.47. The lowest BCUT2D eigenvalue weighted by atomic mass is 10.1. The number of amides is 1. The highest BCUT2D eigenvalue weighted by Gasteiger charge is 2.31. The number of halogens is 3. The van der Waals surface area contributed by atoms with Gasteiger partial charge in [-0.25, -0.2) is 0 Å². The fourth-order valence-electron chi connectivity index (χ4n) is 3.57. The largest absolute Gasteiger partial charge is 0.451 e. The molecule has 0 N–H and O–H groups in total. The Labute approximate surface area is 180 Å². The van der Waals surface area contributed by atoms with Crippen molar-refractivity contribution in [3.8, 4) is 11.3 Å². The van der Waals surface area contributed by atoms with Gasteiger partial charge in [0, 0.05) is 49.6 Å². The Balaban J connectivity index is 1.41. The third kappa shape index (κ3) is 4.43. The summed E-state index contributed by atoms with van der Waals surface area (Å²) in [5, 5.41) is 10.8. The first-order chi connectivity index (χ1) is 15.2. The monoisotopic (exact) mass is 445 g/mol. The first-order valence-corrected chi connectivity index (χ1v) is 9.78. The molecule has 0 aliphatic carbocycles. The van der Waals surface area contributed by atoms with E-state index in [-0.39, 0.29) is 28.7 Å². The number of furan rings is 1. The highest BCUT2D eigenvalue weighted by molar-refractivity contribution is 5.92. The van der Waals surface area contributed by atoms with E-state index < -0.39 is 16.7 Å². The molecule has 0 radical (unpaired) electrons. The van der Waals surface area contributed by atoms with Gasteiger partial charge in [-0.15, -0.1) is 0 Å². The first kappa shape index (κ1) is 21.4. The van der Waals surface area contributed by atoms with Gasteiger partial charge >= 0.3 is 6.18 Å². The predicted molar refractivity (Wildman–Crippen MR) is 110 cm³/mol. The summed E-state index contributed by atoms with van der Waals surface area (Å²) < 4.78 is 44.4. The van der Waals surface area contributed by atoms with Crippen LogP contribution in [0.1, 0.15) is 16.1 Å². The molecule has 1 saturated heterocycles. The predicted octanol–water partition coefficient (Wildman–Crippen LogP) is 4.84. The van der Waals surface area contributed by atoms with Gasteiger partial charge < -0.3 is 14.2 Å². The van der Waals surface area contributed by atoms with Crippen molar-refractivity contribution in [3.05, 3.63) is 82.1 Å². The number of carbonyl (C=O) groups is 1. The highest BCUT2D eigenvalue weighted by atomic mass is 19.4. The molecule has 0 atom stereocenters. The second kappa shape index (κ2) is 8.37. The van der Waals surface area contributed by atoms with E-state index in [0.29, 0.717) is 26.2 Å². The van der Waals surface area contributed by atoms with Crippen molar-refractivity contribution in [3.63, 3.8) is 0 Å². The van der Waals surface area contributed by atoms with E-state index in [1.165, 1.54) is 36.4 Å². The number of nitro groups is 1. The fraction of sp³-hybridized carbons (Fsp3) is 0.227. The summed E-state index contributed by atoms with van der Waals surface area (Å²) >= 11 is 0. The third-order valence-corrected chi connectivity index (χ3v) is 5.28. The van der Waals surface area contributed by atoms with Crippen LogP contribution < -0.4 is 4.90 Å². The lowest BCUT2D eigenvalue weighted by molar-refractivity contribution is -0.384. The van der Waals surface area contributed by atoms with Crippen LogP contribution in [0.4, 0.5) is 24.5 Å². The molecule has 1 aromatic heterocycles. The van der Waals surface area contributed by atoms with E-state index >= 15 is 0 Å². The second-order valence-corrected chi connectivity index (χ2v) is 7.30. The van der Waals surface area contributed by atoms with Gasteiger partial charge in [0.25, 0.3) is 11.6 Å². The molecule has 1 aliphatic heterocycles. The van der Waals surface area contributed by atoms with E-state index in [4.69, 9.17) is 4.42 Å². The molecule has 0 bridgehead atoms. The summed E-state index contributed by atoms with van der Waals surface area (Å²) in [7, 11) is 0. The van der Waals surface area contributed by atoms with Crippen molar-refractivity contribution in [2.45, 2.75) is 6.18 Å². The molecule has 1 fully saturated rings. The Kier molecular flexibility index (Phi) is 5.60. The molecule has 0 spiro atoms. The maximum Gasteiger partial charge on any atom is 0.416 e. The zero-order valence-electron chi connectivity index (χ0n) is 16.7. The quantitative estimate of drug-likeness (QED) is 0.424. The van der Waals surface area contributed by atoms with Gasteiger partial charge in [-0.05, 0) is 36.4 Å². The molecule has 10 heteroatoms. The number of hydrogen-bond donors (Lipinski definition) is 0. The van der Waals surface area contributed by atoms with Crippen molar-refractivity contribution in [2.75, 3.05) is 31.1 Å². The van der Waals surface area contributed by atoms with E-state index in [1.807, 2.05) is 4.90 Å². The lowest BCUT2D eigenvalue weighted by Gasteiger charge is -2.35. The molecule has 2 aromatic carbocycles. The summed E-state index contributed by atoms with van der Waals surface area (Å²) in [5.74, 6) is -0.100. The van der Waals surface area contributed by atoms with Crippen LogP contribution in [-0.2, 0) is 6.18 Å². The van der Waals surface area contributed by atoms with Crippen LogP contribution in [0.5, 0.6) is 0 Å². The van der Waals surface area contributed by atoms with Gasteiger partial charge in [-0.1, -0.05) is 12.1 Å². The Morgan fingerprint density at radius 2 is 1.66 bits per heavy atom. The molecule has 3 aromatic rings. The van der Waals surface area contributed by atoms with Crippen molar-refractivity contribution >= 4 is 17.3 Å². The number of non-ortho nitro benzene ring substituents is 1. The number of nitrogens with zero attached hydrogens (tertiary/aromatic N) is 3. The van der Waals surface area contributed by atoms with Gasteiger partial charge in [0.1, 0.15) is 5.76 Å². The maximum atomic E-state index is 12.9. The molecule has 1 aliphatic rings. The summed E-state index contributed by atoms with van der Waals surface area (Å²) in [6.45, 7) is 1.89. The van der Waals surface area contributed by atoms with Gasteiger partial charge in [0.2, 0.25) is 0 Å². The summed E-state index contributed by atoms with van der Waals surface area (Å²) in [4.78, 5) is 26.7. The van der Waals surface area contributed by atoms with Crippen LogP contribution in [0.25, 0.3) is 11.3 Å². The third-order valence-electron chi connectivity index (χ3n) is 5.28. The Morgan fingerprint density at radius 1 is 0.969 bits per heavy atom. The van der Waals surface area contributed by atoms with E-state index in [9.17, 15) is 28.1 Å². The minimum Gasteiger partial charge on any atom is -0.451 e. The smallest absolute Gasteiger partial charge is 0.416 e. The van der Waals surface area contributed by atoms with Gasteiger partial charge in [0.15, 0.2) is 5.76 Å². The van der Waals surface area contributed by atoms with Crippen LogP contribution in [0.15, 0.2) is 65.1 Å². The molecule has 0 saturated carbocycles. The van der Waals surface area contributed by atoms with Crippen LogP contribution in [-0.4, -0.2) is 41.9 Å². The number of piperazine rings is 1. The Morgan fingerprint density at radius 3 is 2.28 bits per heavy atom. The fourth-order valence-corrected chi connectivity index (χ4v) is 3.57. The number of alkyl halides is 3. The first-order valence-electron chi connectivity index (χ1n) is 9.78. The highest BCUT2D eigenvalue weighted by Crippen LogP contribution is 2.33. The molecule has 166 valence electrons. The van der Waals surface area contributed by atoms with Crippen LogP contribution in [0.3, 0.4) is 0 Å². The molecule has 2 heterocycles. The summed E-state index contributed by atoms with van der Waals surface area (Å²) in [6, 6.07) is 13.9. The lowest BCUT2D eigenvalue weighted by Crippen LogP contribution is -2.48. The van der Waals surface area contributed by atoms with Crippen molar-refractivity contribution in [2.24, 2.45) is 0 Å². The second-order valence-electron chi connectivity index (χ2n) is 7.30. The molecule has 4 rings (SSSR count). The van der Waals surface area contributed by atoms with Crippen LogP contribution >= 0.6 is 0 Å². The average Bonchev–Trinajstić information content (AvgIpc) is 3.29. The number of benzene rings is 2. The molecule has 0 unspecified atom stereocenters. The average molecular weight is 445 g/mol. The molecule has 32 heavy (non-hydrogen) atoms. The van der Waals surface area contributed by atoms with Crippen molar-refractivity contribution < 1.29 is 27.3 Å². The normalized spacial score (nSPS) is 14.5. The summed E-state index contributed by atoms with van der Waals surface area (Å²) in [5.41, 5.74) is 0.285. The molecular formula is C22H18F3N3O4. The number of nitro benzene ring substituents is 1.